The van der Waals surface area contributed by atoms with Crippen molar-refractivity contribution in [1.82, 2.24) is 9.55 Å². The van der Waals surface area contributed by atoms with Crippen molar-refractivity contribution in [2.45, 2.75) is 6.92 Å². The number of hydrogen-bond acceptors (Lipinski definition) is 2. The molecule has 0 amide bonds. The molecule has 0 aliphatic rings. The SMILES string of the molecule is CC(=O)c1ccc(-c2cncn2-c2ccccc2)cc1. The zero-order valence-corrected chi connectivity index (χ0v) is 11.2. The molecule has 0 fully saturated rings. The van der Waals surface area contributed by atoms with Gasteiger partial charge in [0, 0.05) is 16.8 Å². The van der Waals surface area contributed by atoms with Crippen molar-refractivity contribution in [2.24, 2.45) is 0 Å². The molecule has 2 aromatic carbocycles. The van der Waals surface area contributed by atoms with Crippen LogP contribution in [-0.2, 0) is 0 Å². The molecule has 0 spiro atoms. The summed E-state index contributed by atoms with van der Waals surface area (Å²) in [4.78, 5) is 15.5. The van der Waals surface area contributed by atoms with Gasteiger partial charge in [-0.3, -0.25) is 9.36 Å². The van der Waals surface area contributed by atoms with Gasteiger partial charge in [-0.05, 0) is 19.1 Å². The van der Waals surface area contributed by atoms with Crippen molar-refractivity contribution in [3.63, 3.8) is 0 Å². The van der Waals surface area contributed by atoms with Gasteiger partial charge in [-0.1, -0.05) is 42.5 Å². The lowest BCUT2D eigenvalue weighted by Gasteiger charge is -2.08. The normalized spacial score (nSPS) is 10.4. The van der Waals surface area contributed by atoms with Crippen LogP contribution in [-0.4, -0.2) is 15.3 Å². The van der Waals surface area contributed by atoms with Gasteiger partial charge in [0.25, 0.3) is 0 Å². The van der Waals surface area contributed by atoms with Crippen LogP contribution in [0.15, 0.2) is 67.1 Å². The van der Waals surface area contributed by atoms with E-state index in [0.29, 0.717) is 0 Å². The van der Waals surface area contributed by atoms with E-state index in [1.54, 1.807) is 13.3 Å². The van der Waals surface area contributed by atoms with Crippen LogP contribution in [0.1, 0.15) is 17.3 Å². The predicted octanol–water partition coefficient (Wildman–Crippen LogP) is 3.74. The molecule has 3 rings (SSSR count). The molecule has 0 radical (unpaired) electrons. The average molecular weight is 262 g/mol. The highest BCUT2D eigenvalue weighted by Crippen LogP contribution is 2.23. The van der Waals surface area contributed by atoms with Crippen molar-refractivity contribution in [2.75, 3.05) is 0 Å². The Morgan fingerprint density at radius 2 is 1.70 bits per heavy atom. The Labute approximate surface area is 117 Å². The van der Waals surface area contributed by atoms with Crippen molar-refractivity contribution in [3.8, 4) is 16.9 Å². The number of carbonyl (C=O) groups is 1. The van der Waals surface area contributed by atoms with Crippen LogP contribution in [0, 0.1) is 0 Å². The fourth-order valence-corrected chi connectivity index (χ4v) is 2.18. The van der Waals surface area contributed by atoms with Gasteiger partial charge >= 0.3 is 0 Å². The maximum absolute atomic E-state index is 11.3. The number of hydrogen-bond donors (Lipinski definition) is 0. The number of nitrogens with zero attached hydrogens (tertiary/aromatic N) is 2. The van der Waals surface area contributed by atoms with Gasteiger partial charge in [0.05, 0.1) is 18.2 Å². The molecule has 1 aromatic heterocycles. The van der Waals surface area contributed by atoms with E-state index in [1.165, 1.54) is 0 Å². The standard InChI is InChI=1S/C17H14N2O/c1-13(20)14-7-9-15(10-8-14)17-11-18-12-19(17)16-5-3-2-4-6-16/h2-12H,1H3. The van der Waals surface area contributed by atoms with Gasteiger partial charge in [-0.2, -0.15) is 0 Å². The number of Topliss-reactive ketones (excluding diaryl/α,β-unsaturated/α-hetero) is 1. The van der Waals surface area contributed by atoms with E-state index in [0.717, 1.165) is 22.5 Å². The van der Waals surface area contributed by atoms with E-state index in [2.05, 4.69) is 4.98 Å². The first-order valence-electron chi connectivity index (χ1n) is 6.45. The maximum Gasteiger partial charge on any atom is 0.159 e. The Hall–Kier alpha value is -2.68. The summed E-state index contributed by atoms with van der Waals surface area (Å²) in [6.07, 6.45) is 3.62. The molecule has 3 heteroatoms. The average Bonchev–Trinajstić information content (AvgIpc) is 2.97. The first-order chi connectivity index (χ1) is 9.75. The quantitative estimate of drug-likeness (QED) is 0.674. The number of benzene rings is 2. The molecule has 1 heterocycles. The molecule has 0 aliphatic heterocycles. The summed E-state index contributed by atoms with van der Waals surface area (Å²) in [5, 5.41) is 0. The van der Waals surface area contributed by atoms with Crippen LogP contribution in [0.4, 0.5) is 0 Å². The van der Waals surface area contributed by atoms with E-state index in [9.17, 15) is 4.79 Å². The molecular weight excluding hydrogens is 248 g/mol. The minimum Gasteiger partial charge on any atom is -0.299 e. The van der Waals surface area contributed by atoms with Gasteiger partial charge in [-0.15, -0.1) is 0 Å². The number of imidazole rings is 1. The van der Waals surface area contributed by atoms with E-state index in [1.807, 2.05) is 65.4 Å². The lowest BCUT2D eigenvalue weighted by molar-refractivity contribution is 0.101. The Morgan fingerprint density at radius 3 is 2.35 bits per heavy atom. The monoisotopic (exact) mass is 262 g/mol. The number of para-hydroxylation sites is 1. The highest BCUT2D eigenvalue weighted by atomic mass is 16.1. The number of aromatic nitrogens is 2. The van der Waals surface area contributed by atoms with Crippen LogP contribution in [0.3, 0.4) is 0 Å². The summed E-state index contributed by atoms with van der Waals surface area (Å²) in [5.74, 6) is 0.0770. The number of carbonyl (C=O) groups excluding carboxylic acids is 1. The molecule has 0 saturated heterocycles. The van der Waals surface area contributed by atoms with Crippen LogP contribution >= 0.6 is 0 Å². The molecule has 98 valence electrons. The summed E-state index contributed by atoms with van der Waals surface area (Å²) >= 11 is 0. The highest BCUT2D eigenvalue weighted by Gasteiger charge is 2.07. The molecule has 0 unspecified atom stereocenters. The van der Waals surface area contributed by atoms with E-state index >= 15 is 0 Å². The summed E-state index contributed by atoms with van der Waals surface area (Å²) in [5.41, 5.74) is 3.83. The summed E-state index contributed by atoms with van der Waals surface area (Å²) in [6, 6.07) is 17.7. The summed E-state index contributed by atoms with van der Waals surface area (Å²) < 4.78 is 2.03. The minimum atomic E-state index is 0.0770. The molecule has 0 bridgehead atoms. The van der Waals surface area contributed by atoms with E-state index in [4.69, 9.17) is 0 Å². The minimum absolute atomic E-state index is 0.0770. The van der Waals surface area contributed by atoms with Crippen LogP contribution < -0.4 is 0 Å². The van der Waals surface area contributed by atoms with Gasteiger partial charge in [0.15, 0.2) is 5.78 Å². The maximum atomic E-state index is 11.3. The largest absolute Gasteiger partial charge is 0.299 e. The van der Waals surface area contributed by atoms with Crippen molar-refractivity contribution in [1.29, 1.82) is 0 Å². The third-order valence-corrected chi connectivity index (χ3v) is 3.26. The van der Waals surface area contributed by atoms with Gasteiger partial charge in [0.2, 0.25) is 0 Å². The fourth-order valence-electron chi connectivity index (χ4n) is 2.18. The first kappa shape index (κ1) is 12.4. The zero-order chi connectivity index (χ0) is 13.9. The molecule has 0 saturated carbocycles. The lowest BCUT2D eigenvalue weighted by Crippen LogP contribution is -1.96. The molecule has 0 aliphatic carbocycles. The molecular formula is C17H14N2O. The molecule has 3 aromatic rings. The third kappa shape index (κ3) is 2.26. The second kappa shape index (κ2) is 5.13. The second-order valence-electron chi connectivity index (χ2n) is 4.62. The number of ketones is 1. The number of rotatable bonds is 3. The fraction of sp³-hybridized carbons (Fsp3) is 0.0588. The Morgan fingerprint density at radius 1 is 1.00 bits per heavy atom. The van der Waals surface area contributed by atoms with Crippen LogP contribution in [0.25, 0.3) is 16.9 Å². The molecule has 3 nitrogen and oxygen atoms in total. The van der Waals surface area contributed by atoms with Gasteiger partial charge in [-0.25, -0.2) is 4.98 Å². The Balaban J connectivity index is 2.04. The third-order valence-electron chi connectivity index (χ3n) is 3.26. The second-order valence-corrected chi connectivity index (χ2v) is 4.62. The van der Waals surface area contributed by atoms with Crippen LogP contribution in [0.2, 0.25) is 0 Å². The van der Waals surface area contributed by atoms with Gasteiger partial charge in [0.1, 0.15) is 0 Å². The predicted molar refractivity (Wildman–Crippen MR) is 79.0 cm³/mol. The van der Waals surface area contributed by atoms with E-state index in [-0.39, 0.29) is 5.78 Å². The van der Waals surface area contributed by atoms with Crippen molar-refractivity contribution in [3.05, 3.63) is 72.7 Å². The van der Waals surface area contributed by atoms with E-state index < -0.39 is 0 Å². The summed E-state index contributed by atoms with van der Waals surface area (Å²) in [6.45, 7) is 1.57. The Bertz CT molecular complexity index is 727. The Kier molecular flexibility index (Phi) is 3.17. The van der Waals surface area contributed by atoms with Crippen LogP contribution in [0.5, 0.6) is 0 Å². The lowest BCUT2D eigenvalue weighted by atomic mass is 10.1. The highest BCUT2D eigenvalue weighted by molar-refractivity contribution is 5.94. The topological polar surface area (TPSA) is 34.9 Å². The molecule has 0 atom stereocenters. The zero-order valence-electron chi connectivity index (χ0n) is 11.2. The summed E-state index contributed by atoms with van der Waals surface area (Å²) in [7, 11) is 0. The molecule has 0 N–H and O–H groups in total. The molecule has 20 heavy (non-hydrogen) atoms. The van der Waals surface area contributed by atoms with Gasteiger partial charge < -0.3 is 0 Å². The van der Waals surface area contributed by atoms with Crippen molar-refractivity contribution >= 4 is 5.78 Å². The smallest absolute Gasteiger partial charge is 0.159 e. The van der Waals surface area contributed by atoms with Crippen molar-refractivity contribution < 1.29 is 4.79 Å². The first-order valence-corrected chi connectivity index (χ1v) is 6.45.